The van der Waals surface area contributed by atoms with Crippen molar-refractivity contribution in [2.75, 3.05) is 13.1 Å². The Hall–Kier alpha value is -1.40. The zero-order valence-electron chi connectivity index (χ0n) is 14.6. The fraction of sp³-hybridized carbons (Fsp3) is 0.611. The molecule has 0 aromatic heterocycles. The van der Waals surface area contributed by atoms with Crippen molar-refractivity contribution in [3.63, 3.8) is 0 Å². The number of unbranched alkanes of at least 4 members (excludes halogenated alkanes) is 2. The molecule has 24 heavy (non-hydrogen) atoms. The summed E-state index contributed by atoms with van der Waals surface area (Å²) >= 11 is 0. The van der Waals surface area contributed by atoms with E-state index < -0.39 is 10.0 Å². The largest absolute Gasteiger partial charge is 0.350 e. The number of amides is 1. The normalized spacial score (nSPS) is 16.9. The lowest BCUT2D eigenvalue weighted by atomic mass is 10.1. The van der Waals surface area contributed by atoms with Gasteiger partial charge in [-0.05, 0) is 50.5 Å². The van der Waals surface area contributed by atoms with Crippen molar-refractivity contribution in [1.29, 1.82) is 0 Å². The van der Waals surface area contributed by atoms with Gasteiger partial charge in [-0.25, -0.2) is 8.42 Å². The number of hydrogen-bond acceptors (Lipinski definition) is 3. The maximum atomic E-state index is 12.5. The van der Waals surface area contributed by atoms with Crippen LogP contribution in [0.1, 0.15) is 62.7 Å². The highest BCUT2D eigenvalue weighted by atomic mass is 32.2. The predicted octanol–water partition coefficient (Wildman–Crippen LogP) is 3.17. The molecule has 1 saturated heterocycles. The lowest BCUT2D eigenvalue weighted by Gasteiger charge is -2.16. The Morgan fingerprint density at radius 2 is 1.79 bits per heavy atom. The van der Waals surface area contributed by atoms with Crippen molar-refractivity contribution in [3.05, 3.63) is 29.8 Å². The molecule has 1 aromatic rings. The molecule has 5 nitrogen and oxygen atoms in total. The summed E-state index contributed by atoms with van der Waals surface area (Å²) in [4.78, 5) is 12.5. The van der Waals surface area contributed by atoms with Gasteiger partial charge in [0.25, 0.3) is 5.91 Å². The van der Waals surface area contributed by atoms with Crippen LogP contribution in [-0.4, -0.2) is 37.8 Å². The van der Waals surface area contributed by atoms with Gasteiger partial charge in [-0.1, -0.05) is 26.2 Å². The van der Waals surface area contributed by atoms with E-state index >= 15 is 0 Å². The van der Waals surface area contributed by atoms with E-state index in [-0.39, 0.29) is 16.8 Å². The highest BCUT2D eigenvalue weighted by molar-refractivity contribution is 7.89. The molecule has 1 aromatic carbocycles. The first kappa shape index (κ1) is 18.9. The summed E-state index contributed by atoms with van der Waals surface area (Å²) in [7, 11) is -3.42. The topological polar surface area (TPSA) is 66.5 Å². The fourth-order valence-electron chi connectivity index (χ4n) is 2.94. The number of benzene rings is 1. The Bertz CT molecular complexity index is 635. The van der Waals surface area contributed by atoms with E-state index in [0.717, 1.165) is 32.1 Å². The minimum atomic E-state index is -3.42. The number of carbonyl (C=O) groups excluding carboxylic acids is 1. The van der Waals surface area contributed by atoms with Gasteiger partial charge in [-0.2, -0.15) is 4.31 Å². The molecule has 0 aliphatic carbocycles. The van der Waals surface area contributed by atoms with Gasteiger partial charge in [-0.15, -0.1) is 0 Å². The van der Waals surface area contributed by atoms with Gasteiger partial charge in [0, 0.05) is 24.7 Å². The van der Waals surface area contributed by atoms with Crippen LogP contribution < -0.4 is 5.32 Å². The van der Waals surface area contributed by atoms with E-state index in [4.69, 9.17) is 0 Å². The third-order valence-corrected chi connectivity index (χ3v) is 6.35. The summed E-state index contributed by atoms with van der Waals surface area (Å²) in [6.45, 7) is 5.32. The van der Waals surface area contributed by atoms with Crippen LogP contribution in [0.15, 0.2) is 29.2 Å². The lowest BCUT2D eigenvalue weighted by Crippen LogP contribution is -2.32. The van der Waals surface area contributed by atoms with E-state index in [0.29, 0.717) is 18.7 Å². The SMILES string of the molecule is CCCCCC(C)NC(=O)c1ccc(S(=O)(=O)N2CCCC2)cc1. The number of rotatable bonds is 8. The Kier molecular flexibility index (Phi) is 6.80. The fourth-order valence-corrected chi connectivity index (χ4v) is 4.45. The van der Waals surface area contributed by atoms with E-state index in [1.54, 1.807) is 12.1 Å². The highest BCUT2D eigenvalue weighted by Crippen LogP contribution is 2.21. The molecule has 1 unspecified atom stereocenters. The number of hydrogen-bond donors (Lipinski definition) is 1. The molecule has 2 rings (SSSR count). The van der Waals surface area contributed by atoms with Crippen LogP contribution in [0.4, 0.5) is 0 Å². The number of nitrogens with zero attached hydrogens (tertiary/aromatic N) is 1. The maximum absolute atomic E-state index is 12.5. The first-order valence-corrected chi connectivity index (χ1v) is 10.3. The molecule has 1 aliphatic rings. The van der Waals surface area contributed by atoms with E-state index in [1.807, 2.05) is 6.92 Å². The molecule has 1 atom stereocenters. The van der Waals surface area contributed by atoms with Crippen LogP contribution in [0.2, 0.25) is 0 Å². The lowest BCUT2D eigenvalue weighted by molar-refractivity contribution is 0.0938. The van der Waals surface area contributed by atoms with Crippen molar-refractivity contribution >= 4 is 15.9 Å². The molecule has 0 bridgehead atoms. The van der Waals surface area contributed by atoms with E-state index in [9.17, 15) is 13.2 Å². The molecule has 0 spiro atoms. The molecule has 1 aliphatic heterocycles. The minimum Gasteiger partial charge on any atom is -0.350 e. The molecule has 1 fully saturated rings. The molecule has 6 heteroatoms. The van der Waals surface area contributed by atoms with Gasteiger partial charge in [0.1, 0.15) is 0 Å². The Morgan fingerprint density at radius 3 is 2.38 bits per heavy atom. The first-order valence-electron chi connectivity index (χ1n) is 8.86. The summed E-state index contributed by atoms with van der Waals surface area (Å²) in [5.41, 5.74) is 0.498. The van der Waals surface area contributed by atoms with Crippen molar-refractivity contribution in [2.24, 2.45) is 0 Å². The monoisotopic (exact) mass is 352 g/mol. The van der Waals surface area contributed by atoms with Crippen LogP contribution in [0, 0.1) is 0 Å². The second-order valence-corrected chi connectivity index (χ2v) is 8.44. The average molecular weight is 353 g/mol. The zero-order valence-corrected chi connectivity index (χ0v) is 15.4. The van der Waals surface area contributed by atoms with Crippen molar-refractivity contribution in [2.45, 2.75) is 63.3 Å². The molecular formula is C18H28N2O3S. The van der Waals surface area contributed by atoms with Crippen LogP contribution >= 0.6 is 0 Å². The van der Waals surface area contributed by atoms with Crippen molar-refractivity contribution in [3.8, 4) is 0 Å². The van der Waals surface area contributed by atoms with Gasteiger partial charge in [0.05, 0.1) is 4.90 Å². The molecular weight excluding hydrogens is 324 g/mol. The van der Waals surface area contributed by atoms with Gasteiger partial charge >= 0.3 is 0 Å². The quantitative estimate of drug-likeness (QED) is 0.731. The highest BCUT2D eigenvalue weighted by Gasteiger charge is 2.27. The van der Waals surface area contributed by atoms with Crippen LogP contribution in [0.5, 0.6) is 0 Å². The number of nitrogens with one attached hydrogen (secondary N) is 1. The van der Waals surface area contributed by atoms with Gasteiger partial charge < -0.3 is 5.32 Å². The summed E-state index contributed by atoms with van der Waals surface area (Å²) in [5, 5.41) is 2.97. The van der Waals surface area contributed by atoms with Crippen LogP contribution in [0.3, 0.4) is 0 Å². The number of sulfonamides is 1. The van der Waals surface area contributed by atoms with Crippen molar-refractivity contribution < 1.29 is 13.2 Å². The summed E-state index contributed by atoms with van der Waals surface area (Å²) in [5.74, 6) is -0.149. The first-order chi connectivity index (χ1) is 11.4. The van der Waals surface area contributed by atoms with Crippen molar-refractivity contribution in [1.82, 2.24) is 9.62 Å². The smallest absolute Gasteiger partial charge is 0.251 e. The summed E-state index contributed by atoms with van der Waals surface area (Å²) in [6, 6.07) is 6.37. The van der Waals surface area contributed by atoms with Gasteiger partial charge in [-0.3, -0.25) is 4.79 Å². The standard InChI is InChI=1S/C18H28N2O3S/c1-3-4-5-8-15(2)19-18(21)16-9-11-17(12-10-16)24(22,23)20-13-6-7-14-20/h9-12,15H,3-8,13-14H2,1-2H3,(H,19,21). The molecule has 1 N–H and O–H groups in total. The Labute approximate surface area is 145 Å². The average Bonchev–Trinajstić information content (AvgIpc) is 3.10. The Morgan fingerprint density at radius 1 is 1.17 bits per heavy atom. The second kappa shape index (κ2) is 8.62. The number of carbonyl (C=O) groups is 1. The van der Waals surface area contributed by atoms with E-state index in [1.165, 1.54) is 22.9 Å². The maximum Gasteiger partial charge on any atom is 0.251 e. The molecule has 0 saturated carbocycles. The summed E-state index contributed by atoms with van der Waals surface area (Å²) in [6.07, 6.45) is 6.22. The molecule has 1 amide bonds. The molecule has 134 valence electrons. The zero-order chi connectivity index (χ0) is 17.6. The minimum absolute atomic E-state index is 0.122. The van der Waals surface area contributed by atoms with Crippen LogP contribution in [0.25, 0.3) is 0 Å². The van der Waals surface area contributed by atoms with E-state index in [2.05, 4.69) is 12.2 Å². The third-order valence-electron chi connectivity index (χ3n) is 4.44. The van der Waals surface area contributed by atoms with Crippen LogP contribution in [-0.2, 0) is 10.0 Å². The predicted molar refractivity (Wildman–Crippen MR) is 95.5 cm³/mol. The summed E-state index contributed by atoms with van der Waals surface area (Å²) < 4.78 is 26.4. The van der Waals surface area contributed by atoms with Gasteiger partial charge in [0.15, 0.2) is 0 Å². The Balaban J connectivity index is 1.97. The van der Waals surface area contributed by atoms with Gasteiger partial charge in [0.2, 0.25) is 10.0 Å². The molecule has 1 heterocycles. The molecule has 0 radical (unpaired) electrons. The second-order valence-electron chi connectivity index (χ2n) is 6.51. The third kappa shape index (κ3) is 4.80.